The predicted octanol–water partition coefficient (Wildman–Crippen LogP) is 2.32. The van der Waals surface area contributed by atoms with E-state index in [0.717, 1.165) is 11.1 Å². The molecule has 31 heavy (non-hydrogen) atoms. The molecular formula is C22H23N5O4. The number of carbonyl (C=O) groups excluding carboxylic acids is 1. The molecule has 0 aliphatic carbocycles. The number of rotatable bonds is 6. The normalized spacial score (nSPS) is 18.4. The molecular weight excluding hydrogens is 398 g/mol. The predicted molar refractivity (Wildman–Crippen MR) is 113 cm³/mol. The number of hydrogen-bond donors (Lipinski definition) is 2. The highest BCUT2D eigenvalue weighted by Crippen LogP contribution is 2.31. The van der Waals surface area contributed by atoms with Crippen molar-refractivity contribution in [3.05, 3.63) is 71.9 Å². The van der Waals surface area contributed by atoms with Gasteiger partial charge in [-0.1, -0.05) is 52.8 Å². The van der Waals surface area contributed by atoms with Gasteiger partial charge in [0.05, 0.1) is 18.9 Å². The van der Waals surface area contributed by atoms with E-state index < -0.39 is 12.1 Å². The van der Waals surface area contributed by atoms with Crippen molar-refractivity contribution in [2.45, 2.75) is 18.5 Å². The minimum Gasteiger partial charge on any atom is -0.399 e. The maximum atomic E-state index is 13.3. The second kappa shape index (κ2) is 9.07. The number of aliphatic hydroxyl groups is 1. The number of nitrogens with two attached hydrogens (primary N) is 1. The molecule has 9 heteroatoms. The van der Waals surface area contributed by atoms with E-state index in [1.54, 1.807) is 17.0 Å². The summed E-state index contributed by atoms with van der Waals surface area (Å²) in [6.07, 6.45) is 0.412. The molecule has 0 spiro atoms. The highest BCUT2D eigenvalue weighted by molar-refractivity contribution is 6.00. The zero-order chi connectivity index (χ0) is 21.8. The fraction of sp³-hybridized carbons (Fsp3) is 0.273. The second-order valence-corrected chi connectivity index (χ2v) is 7.22. The van der Waals surface area contributed by atoms with Crippen molar-refractivity contribution in [2.24, 2.45) is 10.9 Å². The molecule has 2 atom stereocenters. The number of benzene rings is 2. The summed E-state index contributed by atoms with van der Waals surface area (Å²) in [7, 11) is 1.46. The highest BCUT2D eigenvalue weighted by atomic mass is 16.6. The van der Waals surface area contributed by atoms with Crippen LogP contribution in [0.3, 0.4) is 0 Å². The number of oxime groups is 1. The molecule has 160 valence electrons. The van der Waals surface area contributed by atoms with Gasteiger partial charge in [-0.3, -0.25) is 4.79 Å². The molecule has 2 heterocycles. The number of aromatic nitrogens is 2. The number of carbonyl (C=O) groups is 1. The van der Waals surface area contributed by atoms with E-state index in [4.69, 9.17) is 15.1 Å². The first kappa shape index (κ1) is 20.7. The fourth-order valence-electron chi connectivity index (χ4n) is 3.56. The van der Waals surface area contributed by atoms with Gasteiger partial charge in [-0.05, 0) is 23.3 Å². The summed E-state index contributed by atoms with van der Waals surface area (Å²) in [6.45, 7) is -0.0349. The third kappa shape index (κ3) is 4.32. The van der Waals surface area contributed by atoms with Crippen molar-refractivity contribution >= 4 is 11.6 Å². The highest BCUT2D eigenvalue weighted by Gasteiger charge is 2.38. The van der Waals surface area contributed by atoms with Crippen molar-refractivity contribution in [1.82, 2.24) is 15.0 Å². The van der Waals surface area contributed by atoms with Crippen LogP contribution in [-0.2, 0) is 4.84 Å². The average molecular weight is 421 g/mol. The van der Waals surface area contributed by atoms with Gasteiger partial charge >= 0.3 is 0 Å². The largest absolute Gasteiger partial charge is 0.399 e. The molecule has 1 fully saturated rings. The summed E-state index contributed by atoms with van der Waals surface area (Å²) in [6, 6.07) is 16.1. The first-order valence-electron chi connectivity index (χ1n) is 9.86. The molecule has 0 unspecified atom stereocenters. The number of hydrogen-bond acceptors (Lipinski definition) is 8. The Labute approximate surface area is 179 Å². The van der Waals surface area contributed by atoms with Gasteiger partial charge in [-0.25, -0.2) is 0 Å². The van der Waals surface area contributed by atoms with Gasteiger partial charge in [0.2, 0.25) is 5.89 Å². The van der Waals surface area contributed by atoms with Crippen LogP contribution < -0.4 is 5.73 Å². The summed E-state index contributed by atoms with van der Waals surface area (Å²) in [5.41, 5.74) is 9.10. The zero-order valence-electron chi connectivity index (χ0n) is 17.0. The van der Waals surface area contributed by atoms with E-state index >= 15 is 0 Å². The molecule has 3 N–H and O–H groups in total. The first-order valence-corrected chi connectivity index (χ1v) is 9.86. The summed E-state index contributed by atoms with van der Waals surface area (Å²) in [5.74, 6) is 0.257. The van der Waals surface area contributed by atoms with Crippen molar-refractivity contribution in [2.75, 3.05) is 20.3 Å². The smallest absolute Gasteiger partial charge is 0.254 e. The zero-order valence-corrected chi connectivity index (χ0v) is 17.0. The minimum absolute atomic E-state index is 0.120. The SMILES string of the molecule is CO/N=C1\C[C@@H](c2noc([C@@H](N)CO)n2)N(C(=O)c2ccc(-c3ccccc3)cc2)C1. The lowest BCUT2D eigenvalue weighted by Crippen LogP contribution is -2.31. The Kier molecular flexibility index (Phi) is 6.06. The van der Waals surface area contributed by atoms with Crippen LogP contribution >= 0.6 is 0 Å². The Morgan fingerprint density at radius 2 is 1.97 bits per heavy atom. The van der Waals surface area contributed by atoms with Gasteiger partial charge < -0.3 is 25.1 Å². The van der Waals surface area contributed by atoms with Gasteiger partial charge in [0, 0.05) is 12.0 Å². The fourth-order valence-corrected chi connectivity index (χ4v) is 3.56. The lowest BCUT2D eigenvalue weighted by atomic mass is 10.0. The van der Waals surface area contributed by atoms with Crippen molar-refractivity contribution < 1.29 is 19.3 Å². The third-order valence-corrected chi connectivity index (χ3v) is 5.15. The van der Waals surface area contributed by atoms with Crippen LogP contribution in [0.1, 0.15) is 40.6 Å². The van der Waals surface area contributed by atoms with Gasteiger partial charge in [0.25, 0.3) is 5.91 Å². The minimum atomic E-state index is -0.774. The molecule has 4 rings (SSSR count). The van der Waals surface area contributed by atoms with Crippen molar-refractivity contribution in [1.29, 1.82) is 0 Å². The van der Waals surface area contributed by atoms with E-state index in [9.17, 15) is 9.90 Å². The Hall–Kier alpha value is -3.56. The van der Waals surface area contributed by atoms with Crippen molar-refractivity contribution in [3.8, 4) is 11.1 Å². The van der Waals surface area contributed by atoms with Crippen LogP contribution in [0.15, 0.2) is 64.3 Å². The Morgan fingerprint density at radius 3 is 2.65 bits per heavy atom. The maximum Gasteiger partial charge on any atom is 0.254 e. The lowest BCUT2D eigenvalue weighted by molar-refractivity contribution is 0.0732. The van der Waals surface area contributed by atoms with Gasteiger partial charge in [-0.15, -0.1) is 0 Å². The van der Waals surface area contributed by atoms with Crippen LogP contribution in [0, 0.1) is 0 Å². The molecule has 3 aromatic rings. The van der Waals surface area contributed by atoms with E-state index in [1.165, 1.54) is 7.11 Å². The van der Waals surface area contributed by atoms with E-state index in [2.05, 4.69) is 15.3 Å². The molecule has 2 aromatic carbocycles. The molecule has 1 aliphatic heterocycles. The van der Waals surface area contributed by atoms with Crippen LogP contribution in [0.4, 0.5) is 0 Å². The third-order valence-electron chi connectivity index (χ3n) is 5.15. The second-order valence-electron chi connectivity index (χ2n) is 7.22. The number of aliphatic hydroxyl groups excluding tert-OH is 1. The summed E-state index contributed by atoms with van der Waals surface area (Å²) < 4.78 is 5.17. The lowest BCUT2D eigenvalue weighted by Gasteiger charge is -2.21. The van der Waals surface area contributed by atoms with Crippen molar-refractivity contribution in [3.63, 3.8) is 0 Å². The van der Waals surface area contributed by atoms with Crippen LogP contribution in [0.25, 0.3) is 11.1 Å². The van der Waals surface area contributed by atoms with Crippen LogP contribution in [0.2, 0.25) is 0 Å². The molecule has 1 saturated heterocycles. The molecule has 0 radical (unpaired) electrons. The van der Waals surface area contributed by atoms with E-state index in [0.29, 0.717) is 23.5 Å². The summed E-state index contributed by atoms with van der Waals surface area (Å²) in [5, 5.41) is 17.2. The van der Waals surface area contributed by atoms with E-state index in [-0.39, 0.29) is 24.9 Å². The number of likely N-dealkylation sites (tertiary alicyclic amines) is 1. The van der Waals surface area contributed by atoms with E-state index in [1.807, 2.05) is 42.5 Å². The Balaban J connectivity index is 1.60. The number of nitrogens with zero attached hydrogens (tertiary/aromatic N) is 4. The molecule has 1 amide bonds. The first-order chi connectivity index (χ1) is 15.1. The molecule has 0 bridgehead atoms. The quantitative estimate of drug-likeness (QED) is 0.585. The molecule has 1 aromatic heterocycles. The topological polar surface area (TPSA) is 127 Å². The van der Waals surface area contributed by atoms with Gasteiger partial charge in [-0.2, -0.15) is 4.98 Å². The van der Waals surface area contributed by atoms with Crippen LogP contribution in [0.5, 0.6) is 0 Å². The number of amides is 1. The average Bonchev–Trinajstić information content (AvgIpc) is 3.46. The molecule has 1 aliphatic rings. The Bertz CT molecular complexity index is 1070. The van der Waals surface area contributed by atoms with Crippen LogP contribution in [-0.4, -0.2) is 52.0 Å². The molecule has 0 saturated carbocycles. The van der Waals surface area contributed by atoms with Gasteiger partial charge in [0.1, 0.15) is 19.2 Å². The van der Waals surface area contributed by atoms with Gasteiger partial charge in [0.15, 0.2) is 5.82 Å². The molecule has 9 nitrogen and oxygen atoms in total. The standard InChI is InChI=1S/C22H23N5O4/c1-30-25-17-11-19(20-24-21(31-26-20)18(23)13-28)27(12-17)22(29)16-9-7-15(8-10-16)14-5-3-2-4-6-14/h2-10,18-19,28H,11-13,23H2,1H3/b25-17+/t18-,19-/m0/s1. The summed E-state index contributed by atoms with van der Waals surface area (Å²) in [4.78, 5) is 24.1. The maximum absolute atomic E-state index is 13.3. The summed E-state index contributed by atoms with van der Waals surface area (Å²) >= 11 is 0. The Morgan fingerprint density at radius 1 is 1.26 bits per heavy atom. The monoisotopic (exact) mass is 421 g/mol.